The van der Waals surface area contributed by atoms with Gasteiger partial charge in [0.05, 0.1) is 18.3 Å². The fourth-order valence-corrected chi connectivity index (χ4v) is 1.81. The van der Waals surface area contributed by atoms with Crippen molar-refractivity contribution in [3.8, 4) is 0 Å². The second kappa shape index (κ2) is 4.31. The molecule has 0 aliphatic carbocycles. The number of thiazole rings is 1. The van der Waals surface area contributed by atoms with Crippen LogP contribution in [-0.2, 0) is 18.3 Å². The van der Waals surface area contributed by atoms with E-state index in [1.165, 1.54) is 11.3 Å². The average Bonchev–Trinajstić information content (AvgIpc) is 2.77. The van der Waals surface area contributed by atoms with Crippen LogP contribution in [0.15, 0.2) is 17.6 Å². The van der Waals surface area contributed by atoms with Gasteiger partial charge in [0.15, 0.2) is 5.13 Å². The number of hydrogen-bond donors (Lipinski definition) is 2. The summed E-state index contributed by atoms with van der Waals surface area (Å²) in [7, 11) is 1.76. The summed E-state index contributed by atoms with van der Waals surface area (Å²) in [4.78, 5) is 15.6. The molecule has 6 nitrogen and oxygen atoms in total. The molecule has 0 aliphatic rings. The molecular weight excluding hydrogens is 226 g/mol. The highest BCUT2D eigenvalue weighted by Crippen LogP contribution is 2.12. The second-order valence-corrected chi connectivity index (χ2v) is 4.13. The number of nitrogens with zero attached hydrogens (tertiary/aromatic N) is 3. The van der Waals surface area contributed by atoms with Crippen LogP contribution in [0.5, 0.6) is 0 Å². The van der Waals surface area contributed by atoms with E-state index in [1.54, 1.807) is 29.4 Å². The minimum atomic E-state index is -0.131. The molecule has 2 heterocycles. The Kier molecular flexibility index (Phi) is 2.86. The minimum Gasteiger partial charge on any atom is -0.375 e. The van der Waals surface area contributed by atoms with Crippen LogP contribution in [0.1, 0.15) is 5.69 Å². The predicted molar refractivity (Wildman–Crippen MR) is 62.1 cm³/mol. The number of amides is 1. The van der Waals surface area contributed by atoms with Gasteiger partial charge in [0.25, 0.3) is 0 Å². The van der Waals surface area contributed by atoms with E-state index < -0.39 is 0 Å². The molecule has 2 aromatic rings. The normalized spacial score (nSPS) is 10.3. The molecule has 3 N–H and O–H groups in total. The Balaban J connectivity index is 1.97. The number of hydrogen-bond acceptors (Lipinski definition) is 5. The quantitative estimate of drug-likeness (QED) is 0.820. The number of aryl methyl sites for hydroxylation is 1. The first kappa shape index (κ1) is 10.6. The van der Waals surface area contributed by atoms with Gasteiger partial charge in [-0.3, -0.25) is 9.48 Å². The lowest BCUT2D eigenvalue weighted by molar-refractivity contribution is -0.115. The van der Waals surface area contributed by atoms with E-state index >= 15 is 0 Å². The summed E-state index contributed by atoms with van der Waals surface area (Å²) in [6.45, 7) is 0. The van der Waals surface area contributed by atoms with Crippen molar-refractivity contribution in [1.29, 1.82) is 0 Å². The molecule has 0 radical (unpaired) electrons. The molecular formula is C9H11N5OS. The molecule has 0 aromatic carbocycles. The van der Waals surface area contributed by atoms with E-state index in [0.29, 0.717) is 16.6 Å². The third kappa shape index (κ3) is 2.37. The van der Waals surface area contributed by atoms with Crippen molar-refractivity contribution in [3.63, 3.8) is 0 Å². The Morgan fingerprint density at radius 3 is 3.06 bits per heavy atom. The number of rotatable bonds is 3. The first-order valence-electron chi connectivity index (χ1n) is 4.63. The Bertz CT molecular complexity index is 503. The lowest BCUT2D eigenvalue weighted by atomic mass is 10.3. The number of nitrogens with two attached hydrogens (primary N) is 1. The van der Waals surface area contributed by atoms with Gasteiger partial charge in [-0.1, -0.05) is 0 Å². The summed E-state index contributed by atoms with van der Waals surface area (Å²) < 4.78 is 1.59. The van der Waals surface area contributed by atoms with E-state index in [0.717, 1.165) is 0 Å². The van der Waals surface area contributed by atoms with Crippen molar-refractivity contribution in [2.75, 3.05) is 11.1 Å². The average molecular weight is 237 g/mol. The summed E-state index contributed by atoms with van der Waals surface area (Å²) in [5, 5.41) is 8.93. The highest BCUT2D eigenvalue weighted by Gasteiger charge is 2.08. The van der Waals surface area contributed by atoms with Crippen molar-refractivity contribution in [2.45, 2.75) is 6.42 Å². The number of anilines is 2. The SMILES string of the molecule is Cn1nccc1NC(=O)Cc1csc(N)n1. The van der Waals surface area contributed by atoms with Gasteiger partial charge in [0, 0.05) is 18.5 Å². The molecule has 0 unspecified atom stereocenters. The van der Waals surface area contributed by atoms with Crippen LogP contribution in [0.25, 0.3) is 0 Å². The van der Waals surface area contributed by atoms with Gasteiger partial charge in [-0.25, -0.2) is 4.98 Å². The number of carbonyl (C=O) groups excluding carboxylic acids is 1. The zero-order valence-corrected chi connectivity index (χ0v) is 9.49. The third-order valence-electron chi connectivity index (χ3n) is 2.00. The van der Waals surface area contributed by atoms with Crippen LogP contribution in [0.3, 0.4) is 0 Å². The Hall–Kier alpha value is -1.89. The van der Waals surface area contributed by atoms with Crippen molar-refractivity contribution in [3.05, 3.63) is 23.3 Å². The number of nitrogens with one attached hydrogen (secondary N) is 1. The third-order valence-corrected chi connectivity index (χ3v) is 2.72. The monoisotopic (exact) mass is 237 g/mol. The maximum atomic E-state index is 11.6. The fourth-order valence-electron chi connectivity index (χ4n) is 1.25. The number of aromatic nitrogens is 3. The van der Waals surface area contributed by atoms with Crippen LogP contribution in [-0.4, -0.2) is 20.7 Å². The maximum Gasteiger partial charge on any atom is 0.231 e. The first-order chi connectivity index (χ1) is 7.65. The van der Waals surface area contributed by atoms with Gasteiger partial charge < -0.3 is 11.1 Å². The van der Waals surface area contributed by atoms with Gasteiger partial charge in [-0.2, -0.15) is 5.10 Å². The van der Waals surface area contributed by atoms with Crippen molar-refractivity contribution >= 4 is 28.2 Å². The molecule has 16 heavy (non-hydrogen) atoms. The predicted octanol–water partition coefficient (Wildman–Crippen LogP) is 0.640. The molecule has 0 bridgehead atoms. The standard InChI is InChI=1S/C9H11N5OS/c1-14-7(2-3-11-14)13-8(15)4-6-5-16-9(10)12-6/h2-3,5H,4H2,1H3,(H2,10,12)(H,13,15). The number of nitrogen functional groups attached to an aromatic ring is 1. The van der Waals surface area contributed by atoms with E-state index in [9.17, 15) is 4.79 Å². The largest absolute Gasteiger partial charge is 0.375 e. The lowest BCUT2D eigenvalue weighted by Gasteiger charge is -2.03. The Morgan fingerprint density at radius 2 is 2.50 bits per heavy atom. The van der Waals surface area contributed by atoms with E-state index in [2.05, 4.69) is 15.4 Å². The van der Waals surface area contributed by atoms with Crippen molar-refractivity contribution in [2.24, 2.45) is 7.05 Å². The first-order valence-corrected chi connectivity index (χ1v) is 5.51. The van der Waals surface area contributed by atoms with Gasteiger partial charge in [-0.15, -0.1) is 11.3 Å². The van der Waals surface area contributed by atoms with Gasteiger partial charge in [0.1, 0.15) is 5.82 Å². The molecule has 1 amide bonds. The molecule has 0 atom stereocenters. The van der Waals surface area contributed by atoms with Crippen LogP contribution >= 0.6 is 11.3 Å². The zero-order valence-electron chi connectivity index (χ0n) is 8.67. The van der Waals surface area contributed by atoms with Gasteiger partial charge >= 0.3 is 0 Å². The molecule has 2 aromatic heterocycles. The molecule has 0 aliphatic heterocycles. The van der Waals surface area contributed by atoms with Crippen molar-refractivity contribution < 1.29 is 4.79 Å². The molecule has 84 valence electrons. The van der Waals surface area contributed by atoms with Crippen LogP contribution in [0.2, 0.25) is 0 Å². The second-order valence-electron chi connectivity index (χ2n) is 3.24. The minimum absolute atomic E-state index is 0.131. The molecule has 0 saturated heterocycles. The molecule has 0 spiro atoms. The smallest absolute Gasteiger partial charge is 0.231 e. The van der Waals surface area contributed by atoms with Gasteiger partial charge in [0.2, 0.25) is 5.91 Å². The summed E-state index contributed by atoms with van der Waals surface area (Å²) in [5.41, 5.74) is 6.16. The van der Waals surface area contributed by atoms with Crippen LogP contribution in [0.4, 0.5) is 10.9 Å². The molecule has 7 heteroatoms. The van der Waals surface area contributed by atoms with Gasteiger partial charge in [-0.05, 0) is 0 Å². The topological polar surface area (TPSA) is 85.8 Å². The van der Waals surface area contributed by atoms with E-state index in [1.807, 2.05) is 0 Å². The highest BCUT2D eigenvalue weighted by molar-refractivity contribution is 7.13. The lowest BCUT2D eigenvalue weighted by Crippen LogP contribution is -2.16. The van der Waals surface area contributed by atoms with Crippen molar-refractivity contribution in [1.82, 2.24) is 14.8 Å². The summed E-state index contributed by atoms with van der Waals surface area (Å²) in [6, 6.07) is 1.73. The Morgan fingerprint density at radius 1 is 1.69 bits per heavy atom. The molecule has 2 rings (SSSR count). The Labute approximate surface area is 96.1 Å². The molecule has 0 saturated carbocycles. The van der Waals surface area contributed by atoms with Crippen LogP contribution < -0.4 is 11.1 Å². The van der Waals surface area contributed by atoms with E-state index in [-0.39, 0.29) is 12.3 Å². The van der Waals surface area contributed by atoms with Crippen LogP contribution in [0, 0.1) is 0 Å². The van der Waals surface area contributed by atoms with E-state index in [4.69, 9.17) is 5.73 Å². The zero-order chi connectivity index (χ0) is 11.5. The fraction of sp³-hybridized carbons (Fsp3) is 0.222. The summed E-state index contributed by atoms with van der Waals surface area (Å²) in [5.74, 6) is 0.530. The summed E-state index contributed by atoms with van der Waals surface area (Å²) in [6.07, 6.45) is 1.84. The summed E-state index contributed by atoms with van der Waals surface area (Å²) >= 11 is 1.33. The number of carbonyl (C=O) groups is 1. The maximum absolute atomic E-state index is 11.6. The highest BCUT2D eigenvalue weighted by atomic mass is 32.1. The molecule has 0 fully saturated rings.